The Morgan fingerprint density at radius 3 is 2.71 bits per heavy atom. The third kappa shape index (κ3) is 3.96. The van der Waals surface area contributed by atoms with Crippen LogP contribution in [0.4, 0.5) is 4.79 Å². The number of rotatable bonds is 4. The van der Waals surface area contributed by atoms with Gasteiger partial charge in [0.2, 0.25) is 0 Å². The van der Waals surface area contributed by atoms with Crippen molar-refractivity contribution in [3.63, 3.8) is 0 Å². The number of carbonyl (C=O) groups excluding carboxylic acids is 1. The number of hydrogen-bond donors (Lipinski definition) is 1. The molecule has 0 aromatic rings. The van der Waals surface area contributed by atoms with Crippen molar-refractivity contribution in [2.45, 2.75) is 19.3 Å². The van der Waals surface area contributed by atoms with Crippen LogP contribution in [0, 0.1) is 6.92 Å². The molecule has 14 heavy (non-hydrogen) atoms. The second-order valence-electron chi connectivity index (χ2n) is 3.39. The van der Waals surface area contributed by atoms with E-state index in [0.29, 0.717) is 26.3 Å². The molecule has 0 atom stereocenters. The fourth-order valence-electron chi connectivity index (χ4n) is 1.38. The average molecular weight is 199 g/mol. The molecule has 0 aromatic heterocycles. The summed E-state index contributed by atoms with van der Waals surface area (Å²) in [6.07, 6.45) is 3.02. The minimum Gasteiger partial charge on any atom is -0.378 e. The van der Waals surface area contributed by atoms with Crippen LogP contribution in [0.25, 0.3) is 0 Å². The lowest BCUT2D eigenvalue weighted by molar-refractivity contribution is 0.0532. The second kappa shape index (κ2) is 6.65. The van der Waals surface area contributed by atoms with Crippen LogP contribution in [-0.4, -0.2) is 43.8 Å². The van der Waals surface area contributed by atoms with Crippen LogP contribution in [0.5, 0.6) is 0 Å². The highest BCUT2D eigenvalue weighted by Gasteiger charge is 2.15. The Morgan fingerprint density at radius 1 is 1.36 bits per heavy atom. The SMILES string of the molecule is [CH2]CCCCNC(=O)N1CCOCC1. The lowest BCUT2D eigenvalue weighted by atomic mass is 10.2. The third-order valence-corrected chi connectivity index (χ3v) is 2.25. The number of nitrogens with zero attached hydrogens (tertiary/aromatic N) is 1. The summed E-state index contributed by atoms with van der Waals surface area (Å²) >= 11 is 0. The number of carbonyl (C=O) groups is 1. The normalized spacial score (nSPS) is 16.8. The van der Waals surface area contributed by atoms with E-state index in [-0.39, 0.29) is 6.03 Å². The van der Waals surface area contributed by atoms with E-state index in [1.807, 2.05) is 0 Å². The molecule has 0 unspecified atom stereocenters. The van der Waals surface area contributed by atoms with E-state index in [1.54, 1.807) is 4.90 Å². The highest BCUT2D eigenvalue weighted by Crippen LogP contribution is 1.97. The van der Waals surface area contributed by atoms with Gasteiger partial charge in [-0.3, -0.25) is 0 Å². The standard InChI is InChI=1S/C10H19N2O2/c1-2-3-4-5-11-10(13)12-6-8-14-9-7-12/h1-9H2,(H,11,13). The van der Waals surface area contributed by atoms with Gasteiger partial charge in [-0.05, 0) is 6.42 Å². The van der Waals surface area contributed by atoms with Crippen molar-refractivity contribution in [3.05, 3.63) is 6.92 Å². The zero-order valence-corrected chi connectivity index (χ0v) is 8.63. The van der Waals surface area contributed by atoms with Crippen molar-refractivity contribution >= 4 is 6.03 Å². The molecule has 1 heterocycles. The van der Waals surface area contributed by atoms with E-state index in [9.17, 15) is 4.79 Å². The van der Waals surface area contributed by atoms with Crippen LogP contribution in [0.3, 0.4) is 0 Å². The van der Waals surface area contributed by atoms with Crippen LogP contribution >= 0.6 is 0 Å². The summed E-state index contributed by atoms with van der Waals surface area (Å²) in [5.41, 5.74) is 0. The summed E-state index contributed by atoms with van der Waals surface area (Å²) in [5.74, 6) is 0. The topological polar surface area (TPSA) is 41.6 Å². The van der Waals surface area contributed by atoms with Crippen molar-refractivity contribution in [1.82, 2.24) is 10.2 Å². The Hall–Kier alpha value is -0.770. The van der Waals surface area contributed by atoms with E-state index >= 15 is 0 Å². The highest BCUT2D eigenvalue weighted by molar-refractivity contribution is 5.74. The second-order valence-corrected chi connectivity index (χ2v) is 3.39. The van der Waals surface area contributed by atoms with Gasteiger partial charge in [0.05, 0.1) is 13.2 Å². The number of nitrogens with one attached hydrogen (secondary N) is 1. The lowest BCUT2D eigenvalue weighted by Gasteiger charge is -2.26. The number of hydrogen-bond acceptors (Lipinski definition) is 2. The minimum absolute atomic E-state index is 0.0392. The van der Waals surface area contributed by atoms with Crippen molar-refractivity contribution < 1.29 is 9.53 Å². The molecule has 1 rings (SSSR count). The fraction of sp³-hybridized carbons (Fsp3) is 0.800. The summed E-state index contributed by atoms with van der Waals surface area (Å²) in [4.78, 5) is 13.3. The summed E-state index contributed by atoms with van der Waals surface area (Å²) in [6, 6.07) is 0.0392. The van der Waals surface area contributed by atoms with Crippen molar-refractivity contribution in [2.75, 3.05) is 32.8 Å². The minimum atomic E-state index is 0.0392. The van der Waals surface area contributed by atoms with Gasteiger partial charge in [-0.15, -0.1) is 0 Å². The smallest absolute Gasteiger partial charge is 0.317 e. The zero-order valence-electron chi connectivity index (χ0n) is 8.63. The molecule has 0 spiro atoms. The van der Waals surface area contributed by atoms with Crippen LogP contribution < -0.4 is 5.32 Å². The van der Waals surface area contributed by atoms with Gasteiger partial charge in [0.25, 0.3) is 0 Å². The Bertz CT molecular complexity index is 168. The van der Waals surface area contributed by atoms with E-state index in [0.717, 1.165) is 25.8 Å². The lowest BCUT2D eigenvalue weighted by Crippen LogP contribution is -2.46. The molecule has 0 bridgehead atoms. The molecule has 1 aliphatic heterocycles. The summed E-state index contributed by atoms with van der Waals surface area (Å²) in [5, 5.41) is 2.89. The predicted molar refractivity (Wildman–Crippen MR) is 55.0 cm³/mol. The van der Waals surface area contributed by atoms with Gasteiger partial charge in [-0.25, -0.2) is 4.79 Å². The molecule has 1 N–H and O–H groups in total. The molecule has 1 fully saturated rings. The molecule has 1 saturated heterocycles. The number of ether oxygens (including phenoxy) is 1. The van der Waals surface area contributed by atoms with Gasteiger partial charge < -0.3 is 15.0 Å². The monoisotopic (exact) mass is 199 g/mol. The van der Waals surface area contributed by atoms with Crippen LogP contribution in [0.15, 0.2) is 0 Å². The van der Waals surface area contributed by atoms with Crippen molar-refractivity contribution in [1.29, 1.82) is 0 Å². The molecule has 2 amide bonds. The number of amides is 2. The Kier molecular flexibility index (Phi) is 5.37. The van der Waals surface area contributed by atoms with Crippen molar-refractivity contribution in [3.8, 4) is 0 Å². The molecule has 1 radical (unpaired) electrons. The summed E-state index contributed by atoms with van der Waals surface area (Å²) in [7, 11) is 0. The van der Waals surface area contributed by atoms with Gasteiger partial charge in [0.1, 0.15) is 0 Å². The molecule has 4 nitrogen and oxygen atoms in total. The van der Waals surface area contributed by atoms with E-state index in [2.05, 4.69) is 12.2 Å². The first-order valence-electron chi connectivity index (χ1n) is 5.24. The average Bonchev–Trinajstić information content (AvgIpc) is 2.25. The Morgan fingerprint density at radius 2 is 2.07 bits per heavy atom. The predicted octanol–water partition coefficient (Wildman–Crippen LogP) is 1.03. The van der Waals surface area contributed by atoms with Crippen LogP contribution in [0.2, 0.25) is 0 Å². The third-order valence-electron chi connectivity index (χ3n) is 2.25. The highest BCUT2D eigenvalue weighted by atomic mass is 16.5. The summed E-state index contributed by atoms with van der Waals surface area (Å²) < 4.78 is 5.16. The molecular formula is C10H19N2O2. The van der Waals surface area contributed by atoms with E-state index in [1.165, 1.54) is 0 Å². The number of urea groups is 1. The van der Waals surface area contributed by atoms with Gasteiger partial charge in [-0.2, -0.15) is 0 Å². The first-order chi connectivity index (χ1) is 6.84. The van der Waals surface area contributed by atoms with E-state index < -0.39 is 0 Å². The molecule has 0 aromatic carbocycles. The fourth-order valence-corrected chi connectivity index (χ4v) is 1.38. The van der Waals surface area contributed by atoms with Crippen LogP contribution in [-0.2, 0) is 4.74 Å². The van der Waals surface area contributed by atoms with Gasteiger partial charge in [0, 0.05) is 19.6 Å². The summed E-state index contributed by atoms with van der Waals surface area (Å²) in [6.45, 7) is 7.25. The molecule has 4 heteroatoms. The maximum Gasteiger partial charge on any atom is 0.317 e. The Balaban J connectivity index is 2.07. The Labute approximate surface area is 85.6 Å². The largest absolute Gasteiger partial charge is 0.378 e. The maximum absolute atomic E-state index is 11.5. The number of unbranched alkanes of at least 4 members (excludes halogenated alkanes) is 2. The van der Waals surface area contributed by atoms with E-state index in [4.69, 9.17) is 4.74 Å². The first-order valence-corrected chi connectivity index (χ1v) is 5.24. The van der Waals surface area contributed by atoms with Crippen molar-refractivity contribution in [2.24, 2.45) is 0 Å². The molecule has 0 saturated carbocycles. The van der Waals surface area contributed by atoms with Gasteiger partial charge >= 0.3 is 6.03 Å². The van der Waals surface area contributed by atoms with Crippen LogP contribution in [0.1, 0.15) is 19.3 Å². The molecule has 0 aliphatic carbocycles. The maximum atomic E-state index is 11.5. The zero-order chi connectivity index (χ0) is 10.2. The molecule has 1 aliphatic rings. The number of morpholine rings is 1. The van der Waals surface area contributed by atoms with Gasteiger partial charge in [-0.1, -0.05) is 19.8 Å². The molecule has 81 valence electrons. The first kappa shape index (κ1) is 11.3. The molecular weight excluding hydrogens is 180 g/mol. The van der Waals surface area contributed by atoms with Gasteiger partial charge in [0.15, 0.2) is 0 Å². The quantitative estimate of drug-likeness (QED) is 0.687.